The fraction of sp³-hybridized carbons (Fsp3) is 0.636. The van der Waals surface area contributed by atoms with E-state index in [1.54, 1.807) is 4.90 Å². The summed E-state index contributed by atoms with van der Waals surface area (Å²) in [5.41, 5.74) is 2.05. The third kappa shape index (κ3) is 3.06. The minimum Gasteiger partial charge on any atom is -0.455 e. The highest BCUT2D eigenvalue weighted by Crippen LogP contribution is 2.64. The number of fused-ring (bicyclic) bond motifs is 1. The zero-order valence-electron chi connectivity index (χ0n) is 15.6. The van der Waals surface area contributed by atoms with Crippen LogP contribution in [0.5, 0.6) is 0 Å². The van der Waals surface area contributed by atoms with Gasteiger partial charge >= 0.3 is 5.97 Å². The van der Waals surface area contributed by atoms with Crippen molar-refractivity contribution < 1.29 is 14.3 Å². The van der Waals surface area contributed by atoms with E-state index in [1.165, 1.54) is 17.5 Å². The van der Waals surface area contributed by atoms with E-state index in [1.807, 2.05) is 12.1 Å². The van der Waals surface area contributed by atoms with Gasteiger partial charge in [0.2, 0.25) is 0 Å². The van der Waals surface area contributed by atoms with Crippen molar-refractivity contribution in [1.82, 2.24) is 4.90 Å². The largest absolute Gasteiger partial charge is 0.455 e. The quantitative estimate of drug-likeness (QED) is 0.587. The monoisotopic (exact) mass is 387 g/mol. The molecule has 1 heterocycles. The van der Waals surface area contributed by atoms with Gasteiger partial charge in [-0.25, -0.2) is 0 Å². The van der Waals surface area contributed by atoms with Crippen LogP contribution >= 0.6 is 11.6 Å². The summed E-state index contributed by atoms with van der Waals surface area (Å²) in [7, 11) is 0. The normalized spacial score (nSPS) is 36.4. The lowest BCUT2D eigenvalue weighted by atomic mass is 9.49. The topological polar surface area (TPSA) is 46.6 Å². The Balaban J connectivity index is 1.22. The first-order valence-corrected chi connectivity index (χ1v) is 10.5. The lowest BCUT2D eigenvalue weighted by Gasteiger charge is -2.58. The summed E-state index contributed by atoms with van der Waals surface area (Å²) >= 11 is 6.81. The molecule has 6 rings (SSSR count). The van der Waals surface area contributed by atoms with Crippen molar-refractivity contribution in [3.63, 3.8) is 0 Å². The van der Waals surface area contributed by atoms with Crippen LogP contribution in [0.1, 0.15) is 49.7 Å². The Hall–Kier alpha value is -1.55. The number of carbonyl (C=O) groups is 2. The number of hydrogen-bond donors (Lipinski definition) is 0. The molecule has 4 atom stereocenters. The van der Waals surface area contributed by atoms with Crippen molar-refractivity contribution in [2.75, 3.05) is 13.2 Å². The average molecular weight is 388 g/mol. The molecule has 0 aromatic heterocycles. The summed E-state index contributed by atoms with van der Waals surface area (Å²) in [6.45, 7) is 1.15. The smallest absolute Gasteiger partial charge is 0.312 e. The van der Waals surface area contributed by atoms with Gasteiger partial charge in [-0.1, -0.05) is 24.3 Å². The van der Waals surface area contributed by atoms with E-state index in [-0.39, 0.29) is 23.4 Å². The van der Waals surface area contributed by atoms with Crippen LogP contribution in [-0.4, -0.2) is 34.8 Å². The second-order valence-corrected chi connectivity index (χ2v) is 10.1. The molecular formula is C22H26ClNO3. The Morgan fingerprint density at radius 2 is 1.81 bits per heavy atom. The van der Waals surface area contributed by atoms with Crippen molar-refractivity contribution in [2.45, 2.75) is 56.4 Å². The highest BCUT2D eigenvalue weighted by Gasteiger charge is 2.60. The molecule has 1 aromatic rings. The number of carbonyl (C=O) groups excluding carboxylic acids is 2. The number of esters is 1. The molecule has 0 radical (unpaired) electrons. The van der Waals surface area contributed by atoms with Gasteiger partial charge in [-0.15, -0.1) is 11.6 Å². The van der Waals surface area contributed by atoms with E-state index in [0.717, 1.165) is 38.5 Å². The van der Waals surface area contributed by atoms with Crippen molar-refractivity contribution in [1.29, 1.82) is 0 Å². The molecule has 4 fully saturated rings. The van der Waals surface area contributed by atoms with Crippen LogP contribution in [-0.2, 0) is 27.3 Å². The zero-order chi connectivity index (χ0) is 18.6. The van der Waals surface area contributed by atoms with Gasteiger partial charge in [0, 0.05) is 18.0 Å². The molecule has 5 heteroatoms. The van der Waals surface area contributed by atoms with E-state index in [4.69, 9.17) is 16.3 Å². The first-order chi connectivity index (χ1) is 12.9. The molecule has 144 valence electrons. The number of benzene rings is 1. The number of alkyl halides is 1. The van der Waals surface area contributed by atoms with Gasteiger partial charge in [-0.3, -0.25) is 9.59 Å². The Labute approximate surface area is 165 Å². The molecule has 5 aliphatic rings. The molecule has 0 saturated heterocycles. The highest BCUT2D eigenvalue weighted by molar-refractivity contribution is 6.24. The molecule has 2 unspecified atom stereocenters. The van der Waals surface area contributed by atoms with Crippen LogP contribution in [0, 0.1) is 17.3 Å². The van der Waals surface area contributed by atoms with E-state index in [0.29, 0.717) is 24.9 Å². The van der Waals surface area contributed by atoms with Gasteiger partial charge in [0.05, 0.1) is 5.41 Å². The predicted octanol–water partition coefficient (Wildman–Crippen LogP) is 3.69. The summed E-state index contributed by atoms with van der Waals surface area (Å²) in [5, 5.41) is 0. The number of nitrogens with zero attached hydrogens (tertiary/aromatic N) is 1. The molecule has 4 bridgehead atoms. The maximum absolute atomic E-state index is 13.0. The molecule has 27 heavy (non-hydrogen) atoms. The second-order valence-electron chi connectivity index (χ2n) is 9.30. The molecule has 0 spiro atoms. The molecule has 4 nitrogen and oxygen atoms in total. The van der Waals surface area contributed by atoms with E-state index >= 15 is 0 Å². The minimum absolute atomic E-state index is 0.0943. The van der Waals surface area contributed by atoms with Gasteiger partial charge in [0.25, 0.3) is 5.91 Å². The summed E-state index contributed by atoms with van der Waals surface area (Å²) in [4.78, 5) is 27.2. The first-order valence-electron chi connectivity index (χ1n) is 10.2. The van der Waals surface area contributed by atoms with Crippen molar-refractivity contribution in [3.8, 4) is 0 Å². The van der Waals surface area contributed by atoms with Crippen LogP contribution in [0.15, 0.2) is 24.3 Å². The maximum Gasteiger partial charge on any atom is 0.312 e. The summed E-state index contributed by atoms with van der Waals surface area (Å²) in [5.74, 6) is 0.812. The fourth-order valence-corrected chi connectivity index (χ4v) is 7.16. The number of amides is 1. The van der Waals surface area contributed by atoms with Crippen LogP contribution < -0.4 is 0 Å². The molecule has 1 amide bonds. The van der Waals surface area contributed by atoms with E-state index in [2.05, 4.69) is 12.1 Å². The number of rotatable bonds is 3. The fourth-order valence-electron chi connectivity index (χ4n) is 6.47. The minimum atomic E-state index is -0.444. The SMILES string of the molecule is O=C(COC(=O)C12C[C@@H]3C[C@@H](CC(Cl)(C3)C1)C2)N1CCc2ccccc2C1. The van der Waals surface area contributed by atoms with Gasteiger partial charge in [0.15, 0.2) is 6.61 Å². The van der Waals surface area contributed by atoms with Crippen LogP contribution in [0.25, 0.3) is 0 Å². The number of halogens is 1. The Morgan fingerprint density at radius 1 is 1.11 bits per heavy atom. The number of ether oxygens (including phenoxy) is 1. The zero-order valence-corrected chi connectivity index (χ0v) is 16.3. The summed E-state index contributed by atoms with van der Waals surface area (Å²) in [6.07, 6.45) is 6.63. The van der Waals surface area contributed by atoms with Gasteiger partial charge in [0.1, 0.15) is 0 Å². The lowest BCUT2D eigenvalue weighted by Crippen LogP contribution is -2.56. The van der Waals surface area contributed by atoms with E-state index < -0.39 is 5.41 Å². The predicted molar refractivity (Wildman–Crippen MR) is 102 cm³/mol. The van der Waals surface area contributed by atoms with Gasteiger partial charge in [-0.05, 0) is 67.9 Å². The molecular weight excluding hydrogens is 362 g/mol. The van der Waals surface area contributed by atoms with Crippen molar-refractivity contribution in [3.05, 3.63) is 35.4 Å². The van der Waals surface area contributed by atoms with Crippen LogP contribution in [0.3, 0.4) is 0 Å². The Bertz CT molecular complexity index is 778. The number of hydrogen-bond acceptors (Lipinski definition) is 3. The molecule has 4 saturated carbocycles. The van der Waals surface area contributed by atoms with Crippen LogP contribution in [0.2, 0.25) is 0 Å². The molecule has 0 N–H and O–H groups in total. The average Bonchev–Trinajstić information content (AvgIpc) is 2.63. The van der Waals surface area contributed by atoms with Crippen LogP contribution in [0.4, 0.5) is 0 Å². The standard InChI is InChI=1S/C22H26ClNO3/c23-22-10-15-7-16(11-22)9-21(8-15,14-22)20(26)27-13-19(25)24-6-5-17-3-1-2-4-18(17)12-24/h1-4,15-16H,5-14H2/t15-,16+,21?,22?. The first kappa shape index (κ1) is 17.5. The summed E-state index contributed by atoms with van der Waals surface area (Å²) < 4.78 is 5.59. The lowest BCUT2D eigenvalue weighted by molar-refractivity contribution is -0.173. The third-order valence-electron chi connectivity index (χ3n) is 7.23. The summed E-state index contributed by atoms with van der Waals surface area (Å²) in [6, 6.07) is 8.22. The molecule has 4 aliphatic carbocycles. The Morgan fingerprint density at radius 3 is 2.52 bits per heavy atom. The Kier molecular flexibility index (Phi) is 4.05. The molecule has 1 aliphatic heterocycles. The van der Waals surface area contributed by atoms with Crippen molar-refractivity contribution >= 4 is 23.5 Å². The van der Waals surface area contributed by atoms with Crippen molar-refractivity contribution in [2.24, 2.45) is 17.3 Å². The second kappa shape index (κ2) is 6.23. The third-order valence-corrected chi connectivity index (χ3v) is 7.68. The highest BCUT2D eigenvalue weighted by atomic mass is 35.5. The van der Waals surface area contributed by atoms with Gasteiger partial charge in [-0.2, -0.15) is 0 Å². The van der Waals surface area contributed by atoms with E-state index in [9.17, 15) is 9.59 Å². The maximum atomic E-state index is 13.0. The van der Waals surface area contributed by atoms with Gasteiger partial charge < -0.3 is 9.64 Å². The molecule has 1 aromatic carbocycles.